The second-order valence-corrected chi connectivity index (χ2v) is 8.60. The fourth-order valence-electron chi connectivity index (χ4n) is 4.80. The largest absolute Gasteiger partial charge is 0.350 e. The fraction of sp³-hybridized carbons (Fsp3) is 0.714. The van der Waals surface area contributed by atoms with Crippen LogP contribution >= 0.6 is 0 Å². The van der Waals surface area contributed by atoms with Crippen molar-refractivity contribution >= 4 is 5.91 Å². The lowest BCUT2D eigenvalue weighted by molar-refractivity contribution is 0.0409. The third-order valence-corrected chi connectivity index (χ3v) is 6.49. The summed E-state index contributed by atoms with van der Waals surface area (Å²) in [5.74, 6) is 1.75. The van der Waals surface area contributed by atoms with Crippen molar-refractivity contribution in [1.82, 2.24) is 20.2 Å². The number of amides is 1. The van der Waals surface area contributed by atoms with Gasteiger partial charge in [-0.1, -0.05) is 48.8 Å². The van der Waals surface area contributed by atoms with Crippen LogP contribution in [-0.4, -0.2) is 38.2 Å². The Bertz CT molecular complexity index is 795. The lowest BCUT2D eigenvalue weighted by Crippen LogP contribution is -2.48. The van der Waals surface area contributed by atoms with Gasteiger partial charge in [-0.25, -0.2) is 0 Å². The first-order valence-electron chi connectivity index (χ1n) is 10.9. The van der Waals surface area contributed by atoms with Gasteiger partial charge in [0.15, 0.2) is 11.5 Å². The van der Waals surface area contributed by atoms with Crippen LogP contribution in [0.25, 0.3) is 11.6 Å². The number of nitrogens with zero attached hydrogens (tertiary/aromatic N) is 4. The molecule has 3 aliphatic carbocycles. The van der Waals surface area contributed by atoms with Crippen LogP contribution in [0.4, 0.5) is 0 Å². The molecule has 0 saturated heterocycles. The average Bonchev–Trinajstić information content (AvgIpc) is 3.27. The number of rotatable bonds is 5. The first kappa shape index (κ1) is 17.9. The van der Waals surface area contributed by atoms with Gasteiger partial charge in [0.25, 0.3) is 11.8 Å². The molecule has 3 fully saturated rings. The van der Waals surface area contributed by atoms with Crippen LogP contribution in [0.5, 0.6) is 0 Å². The lowest BCUT2D eigenvalue weighted by Gasteiger charge is -2.41. The molecule has 0 unspecified atom stereocenters. The molecule has 28 heavy (non-hydrogen) atoms. The fourth-order valence-corrected chi connectivity index (χ4v) is 4.80. The number of hydrogen-bond donors (Lipinski definition) is 0. The molecule has 0 atom stereocenters. The molecule has 7 heteroatoms. The van der Waals surface area contributed by atoms with Gasteiger partial charge in [0.2, 0.25) is 5.76 Å². The Kier molecular flexibility index (Phi) is 4.91. The van der Waals surface area contributed by atoms with Gasteiger partial charge in [0.05, 0.1) is 0 Å². The zero-order valence-corrected chi connectivity index (χ0v) is 16.3. The predicted octanol–water partition coefficient (Wildman–Crippen LogP) is 4.71. The summed E-state index contributed by atoms with van der Waals surface area (Å²) in [5, 5.41) is 8.08. The zero-order chi connectivity index (χ0) is 18.9. The Morgan fingerprint density at radius 3 is 2.11 bits per heavy atom. The molecule has 2 aromatic rings. The summed E-state index contributed by atoms with van der Waals surface area (Å²) >= 11 is 0. The topological polar surface area (TPSA) is 85.3 Å². The van der Waals surface area contributed by atoms with E-state index >= 15 is 0 Å². The summed E-state index contributed by atoms with van der Waals surface area (Å²) in [6.07, 6.45) is 14.0. The van der Waals surface area contributed by atoms with Crippen molar-refractivity contribution in [3.05, 3.63) is 17.7 Å². The van der Waals surface area contributed by atoms with Crippen molar-refractivity contribution in [3.63, 3.8) is 0 Å². The minimum absolute atomic E-state index is 0.0283. The molecule has 3 aliphatic rings. The molecule has 5 rings (SSSR count). The molecule has 1 amide bonds. The van der Waals surface area contributed by atoms with E-state index in [0.717, 1.165) is 44.3 Å². The first-order valence-corrected chi connectivity index (χ1v) is 10.9. The Hall–Kier alpha value is -2.18. The van der Waals surface area contributed by atoms with Gasteiger partial charge < -0.3 is 13.9 Å². The third kappa shape index (κ3) is 3.59. The van der Waals surface area contributed by atoms with Crippen molar-refractivity contribution < 1.29 is 13.8 Å². The Labute approximate surface area is 164 Å². The monoisotopic (exact) mass is 384 g/mol. The summed E-state index contributed by atoms with van der Waals surface area (Å²) in [5.41, 5.74) is 0.454. The van der Waals surface area contributed by atoms with Crippen molar-refractivity contribution in [3.8, 4) is 11.6 Å². The minimum atomic E-state index is -0.0283. The summed E-state index contributed by atoms with van der Waals surface area (Å²) in [7, 11) is 0. The van der Waals surface area contributed by atoms with Gasteiger partial charge in [-0.15, -0.1) is 0 Å². The molecule has 0 radical (unpaired) electrons. The van der Waals surface area contributed by atoms with Crippen LogP contribution in [0.3, 0.4) is 0 Å². The molecule has 150 valence electrons. The smallest absolute Gasteiger partial charge is 0.292 e. The Morgan fingerprint density at radius 1 is 0.857 bits per heavy atom. The third-order valence-electron chi connectivity index (χ3n) is 6.49. The highest BCUT2D eigenvalue weighted by atomic mass is 16.5. The van der Waals surface area contributed by atoms with Crippen LogP contribution in [0, 0.1) is 0 Å². The van der Waals surface area contributed by atoms with E-state index in [1.807, 2.05) is 0 Å². The Morgan fingerprint density at radius 2 is 1.50 bits per heavy atom. The van der Waals surface area contributed by atoms with E-state index in [0.29, 0.717) is 29.6 Å². The molecule has 0 aromatic carbocycles. The molecule has 2 heterocycles. The van der Waals surface area contributed by atoms with Crippen LogP contribution in [0.2, 0.25) is 0 Å². The molecule has 0 N–H and O–H groups in total. The molecular weight excluding hydrogens is 356 g/mol. The molecule has 2 aromatic heterocycles. The van der Waals surface area contributed by atoms with E-state index < -0.39 is 0 Å². The highest BCUT2D eigenvalue weighted by Gasteiger charge is 2.35. The van der Waals surface area contributed by atoms with E-state index in [4.69, 9.17) is 9.05 Å². The van der Waals surface area contributed by atoms with Crippen molar-refractivity contribution in [2.75, 3.05) is 0 Å². The highest BCUT2D eigenvalue weighted by molar-refractivity contribution is 5.92. The summed E-state index contributed by atoms with van der Waals surface area (Å²) in [6.45, 7) is 0. The van der Waals surface area contributed by atoms with E-state index in [1.165, 1.54) is 38.5 Å². The van der Waals surface area contributed by atoms with Gasteiger partial charge in [0.1, 0.15) is 0 Å². The molecule has 0 spiro atoms. The SMILES string of the molecule is O=C(c1cc(-c2nc(C3CC3)no2)no1)N(C1CCCCC1)C1CCCCC1. The highest BCUT2D eigenvalue weighted by Crippen LogP contribution is 2.39. The quantitative estimate of drug-likeness (QED) is 0.742. The van der Waals surface area contributed by atoms with Crippen molar-refractivity contribution in [1.29, 1.82) is 0 Å². The first-order chi connectivity index (χ1) is 13.8. The molecule has 3 saturated carbocycles. The minimum Gasteiger partial charge on any atom is -0.350 e. The standard InChI is InChI=1S/C21H28N4O3/c26-21(25(15-7-3-1-4-8-15)16-9-5-2-6-10-16)18-13-17(23-27-18)20-22-19(24-28-20)14-11-12-14/h13-16H,1-12H2. The second-order valence-electron chi connectivity index (χ2n) is 8.60. The van der Waals surface area contributed by atoms with Gasteiger partial charge in [0, 0.05) is 24.1 Å². The molecule has 0 bridgehead atoms. The van der Waals surface area contributed by atoms with Gasteiger partial charge >= 0.3 is 0 Å². The maximum atomic E-state index is 13.4. The number of hydrogen-bond acceptors (Lipinski definition) is 6. The van der Waals surface area contributed by atoms with Crippen molar-refractivity contribution in [2.45, 2.75) is 95.1 Å². The predicted molar refractivity (Wildman–Crippen MR) is 102 cm³/mol. The van der Waals surface area contributed by atoms with Gasteiger partial charge in [-0.2, -0.15) is 4.98 Å². The number of aromatic nitrogens is 3. The van der Waals surface area contributed by atoms with Gasteiger partial charge in [-0.3, -0.25) is 4.79 Å². The number of carbonyl (C=O) groups is 1. The van der Waals surface area contributed by atoms with E-state index in [1.54, 1.807) is 6.07 Å². The van der Waals surface area contributed by atoms with Gasteiger partial charge in [-0.05, 0) is 38.5 Å². The van der Waals surface area contributed by atoms with E-state index in [2.05, 4.69) is 20.2 Å². The summed E-state index contributed by atoms with van der Waals surface area (Å²) < 4.78 is 10.8. The molecule has 0 aliphatic heterocycles. The second kappa shape index (κ2) is 7.68. The normalized spacial score (nSPS) is 21.7. The maximum absolute atomic E-state index is 13.4. The summed E-state index contributed by atoms with van der Waals surface area (Å²) in [4.78, 5) is 20.0. The molecular formula is C21H28N4O3. The van der Waals surface area contributed by atoms with E-state index in [-0.39, 0.29) is 11.7 Å². The lowest BCUT2D eigenvalue weighted by atomic mass is 9.88. The van der Waals surface area contributed by atoms with Crippen molar-refractivity contribution in [2.24, 2.45) is 0 Å². The van der Waals surface area contributed by atoms with Crippen LogP contribution in [-0.2, 0) is 0 Å². The van der Waals surface area contributed by atoms with Crippen LogP contribution in [0.1, 0.15) is 99.3 Å². The van der Waals surface area contributed by atoms with Crippen LogP contribution in [0.15, 0.2) is 15.1 Å². The molecule has 7 nitrogen and oxygen atoms in total. The zero-order valence-electron chi connectivity index (χ0n) is 16.3. The van der Waals surface area contributed by atoms with Crippen LogP contribution < -0.4 is 0 Å². The average molecular weight is 384 g/mol. The Balaban J connectivity index is 1.37. The number of carbonyl (C=O) groups excluding carboxylic acids is 1. The van der Waals surface area contributed by atoms with E-state index in [9.17, 15) is 4.79 Å². The maximum Gasteiger partial charge on any atom is 0.292 e. The summed E-state index contributed by atoms with van der Waals surface area (Å²) in [6, 6.07) is 2.32.